The Hall–Kier alpha value is -2.53. The summed E-state index contributed by atoms with van der Waals surface area (Å²) in [5.74, 6) is 0.627. The highest BCUT2D eigenvalue weighted by Gasteiger charge is 2.22. The lowest BCUT2D eigenvalue weighted by molar-refractivity contribution is 0.0679. The van der Waals surface area contributed by atoms with Crippen molar-refractivity contribution >= 4 is 11.6 Å². The van der Waals surface area contributed by atoms with Gasteiger partial charge < -0.3 is 20.5 Å². The predicted molar refractivity (Wildman–Crippen MR) is 105 cm³/mol. The van der Waals surface area contributed by atoms with E-state index in [0.717, 1.165) is 44.4 Å². The molecular formula is C22H26N2O3. The highest BCUT2D eigenvalue weighted by atomic mass is 16.5. The Morgan fingerprint density at radius 1 is 1.19 bits per heavy atom. The topological polar surface area (TPSA) is 73.6 Å². The molecule has 2 aliphatic rings. The molecule has 2 atom stereocenters. The average molecular weight is 366 g/mol. The maximum absolute atomic E-state index is 12.8. The zero-order chi connectivity index (χ0) is 18.6. The number of carbonyl (C=O) groups is 1. The Balaban J connectivity index is 1.42. The minimum atomic E-state index is -0.0766. The van der Waals surface area contributed by atoms with Crippen molar-refractivity contribution in [2.75, 3.05) is 18.9 Å². The monoisotopic (exact) mass is 366 g/mol. The van der Waals surface area contributed by atoms with Gasteiger partial charge in [-0.05, 0) is 73.6 Å². The largest absolute Gasteiger partial charge is 0.491 e. The van der Waals surface area contributed by atoms with Crippen molar-refractivity contribution in [3.63, 3.8) is 0 Å². The van der Waals surface area contributed by atoms with Crippen LogP contribution in [0.5, 0.6) is 5.75 Å². The zero-order valence-electron chi connectivity index (χ0n) is 15.4. The first-order valence-electron chi connectivity index (χ1n) is 9.73. The molecule has 0 bridgehead atoms. The highest BCUT2D eigenvalue weighted by Crippen LogP contribution is 2.31. The number of nitrogen functional groups attached to an aromatic ring is 1. The van der Waals surface area contributed by atoms with Gasteiger partial charge in [0.1, 0.15) is 12.4 Å². The normalized spacial score (nSPS) is 21.5. The van der Waals surface area contributed by atoms with E-state index in [1.807, 2.05) is 36.4 Å². The first kappa shape index (κ1) is 17.9. The van der Waals surface area contributed by atoms with Crippen molar-refractivity contribution in [2.24, 2.45) is 0 Å². The van der Waals surface area contributed by atoms with Crippen molar-refractivity contribution < 1.29 is 14.3 Å². The standard InChI is InChI=1S/C22H26N2O3/c23-17-9-10-20-15(12-17)4-2-8-21(20)24-22(25)16-5-1-6-18(13-16)27-14-19-7-3-11-26-19/h1,5-6,9-10,12-13,19,21H,2-4,7-8,11,14,23H2,(H,24,25). The second-order valence-corrected chi connectivity index (χ2v) is 7.35. The third-order valence-corrected chi connectivity index (χ3v) is 5.34. The van der Waals surface area contributed by atoms with E-state index in [9.17, 15) is 4.79 Å². The van der Waals surface area contributed by atoms with Gasteiger partial charge in [-0.15, -0.1) is 0 Å². The van der Waals surface area contributed by atoms with Crippen LogP contribution in [0.25, 0.3) is 0 Å². The summed E-state index contributed by atoms with van der Waals surface area (Å²) >= 11 is 0. The zero-order valence-corrected chi connectivity index (χ0v) is 15.4. The van der Waals surface area contributed by atoms with Gasteiger partial charge in [-0.3, -0.25) is 4.79 Å². The number of anilines is 1. The summed E-state index contributed by atoms with van der Waals surface area (Å²) < 4.78 is 11.4. The Kier molecular flexibility index (Phi) is 5.30. The van der Waals surface area contributed by atoms with Gasteiger partial charge in [0.05, 0.1) is 12.1 Å². The van der Waals surface area contributed by atoms with Crippen molar-refractivity contribution in [1.29, 1.82) is 0 Å². The molecule has 1 saturated heterocycles. The van der Waals surface area contributed by atoms with Crippen molar-refractivity contribution in [3.8, 4) is 5.75 Å². The van der Waals surface area contributed by atoms with Crippen LogP contribution in [0.2, 0.25) is 0 Å². The number of aryl methyl sites for hydroxylation is 1. The second-order valence-electron chi connectivity index (χ2n) is 7.35. The molecule has 4 rings (SSSR count). The number of fused-ring (bicyclic) bond motifs is 1. The lowest BCUT2D eigenvalue weighted by Crippen LogP contribution is -2.31. The van der Waals surface area contributed by atoms with Crippen molar-refractivity contribution in [1.82, 2.24) is 5.32 Å². The molecule has 2 unspecified atom stereocenters. The van der Waals surface area contributed by atoms with Gasteiger partial charge in [-0.2, -0.15) is 0 Å². The van der Waals surface area contributed by atoms with Crippen LogP contribution >= 0.6 is 0 Å². The smallest absolute Gasteiger partial charge is 0.251 e. The summed E-state index contributed by atoms with van der Waals surface area (Å²) in [5.41, 5.74) is 9.70. The Morgan fingerprint density at radius 2 is 2.11 bits per heavy atom. The quantitative estimate of drug-likeness (QED) is 0.793. The van der Waals surface area contributed by atoms with Crippen LogP contribution in [0.3, 0.4) is 0 Å². The van der Waals surface area contributed by atoms with Gasteiger partial charge in [0, 0.05) is 17.9 Å². The molecule has 5 nitrogen and oxygen atoms in total. The third-order valence-electron chi connectivity index (χ3n) is 5.34. The average Bonchev–Trinajstić information content (AvgIpc) is 3.20. The molecular weight excluding hydrogens is 340 g/mol. The molecule has 0 spiro atoms. The van der Waals surface area contributed by atoms with Gasteiger partial charge in [0.15, 0.2) is 0 Å². The SMILES string of the molecule is Nc1ccc2c(c1)CCCC2NC(=O)c1cccc(OCC2CCCO2)c1. The maximum atomic E-state index is 12.8. The molecule has 3 N–H and O–H groups in total. The molecule has 0 aromatic heterocycles. The van der Waals surface area contributed by atoms with Crippen LogP contribution in [-0.2, 0) is 11.2 Å². The number of benzene rings is 2. The second kappa shape index (κ2) is 8.01. The van der Waals surface area contributed by atoms with Crippen molar-refractivity contribution in [2.45, 2.75) is 44.2 Å². The Labute approximate surface area is 159 Å². The number of hydrogen-bond donors (Lipinski definition) is 2. The Morgan fingerprint density at radius 3 is 2.96 bits per heavy atom. The molecule has 0 radical (unpaired) electrons. The first-order valence-corrected chi connectivity index (χ1v) is 9.73. The minimum Gasteiger partial charge on any atom is -0.491 e. The molecule has 2 aromatic carbocycles. The maximum Gasteiger partial charge on any atom is 0.251 e. The summed E-state index contributed by atoms with van der Waals surface area (Å²) in [5, 5.41) is 3.18. The molecule has 1 fully saturated rings. The minimum absolute atomic E-state index is 0.0262. The van der Waals surface area contributed by atoms with Crippen LogP contribution in [0.15, 0.2) is 42.5 Å². The summed E-state index contributed by atoms with van der Waals surface area (Å²) in [6, 6.07) is 13.3. The fraction of sp³-hybridized carbons (Fsp3) is 0.409. The van der Waals surface area contributed by atoms with E-state index in [1.54, 1.807) is 6.07 Å². The van der Waals surface area contributed by atoms with E-state index in [2.05, 4.69) is 5.32 Å². The van der Waals surface area contributed by atoms with Crippen molar-refractivity contribution in [3.05, 3.63) is 59.2 Å². The van der Waals surface area contributed by atoms with Gasteiger partial charge in [-0.25, -0.2) is 0 Å². The number of amides is 1. The summed E-state index contributed by atoms with van der Waals surface area (Å²) in [7, 11) is 0. The van der Waals surface area contributed by atoms with Gasteiger partial charge in [-0.1, -0.05) is 12.1 Å². The lowest BCUT2D eigenvalue weighted by atomic mass is 9.87. The molecule has 1 amide bonds. The molecule has 2 aromatic rings. The van der Waals surface area contributed by atoms with Gasteiger partial charge >= 0.3 is 0 Å². The molecule has 142 valence electrons. The number of ether oxygens (including phenoxy) is 2. The van der Waals surface area contributed by atoms with Crippen LogP contribution < -0.4 is 15.8 Å². The number of carbonyl (C=O) groups excluding carboxylic acids is 1. The summed E-state index contributed by atoms with van der Waals surface area (Å²) in [6.45, 7) is 1.34. The fourth-order valence-corrected chi connectivity index (χ4v) is 3.92. The van der Waals surface area contributed by atoms with Gasteiger partial charge in [0.2, 0.25) is 0 Å². The van der Waals surface area contributed by atoms with E-state index in [1.165, 1.54) is 11.1 Å². The van der Waals surface area contributed by atoms with Crippen LogP contribution in [0.4, 0.5) is 5.69 Å². The van der Waals surface area contributed by atoms with Crippen LogP contribution in [-0.4, -0.2) is 25.2 Å². The number of nitrogens with two attached hydrogens (primary N) is 1. The van der Waals surface area contributed by atoms with Gasteiger partial charge in [0.25, 0.3) is 5.91 Å². The first-order chi connectivity index (χ1) is 13.2. The molecule has 1 aliphatic carbocycles. The van der Waals surface area contributed by atoms with E-state index in [-0.39, 0.29) is 18.1 Å². The molecule has 0 saturated carbocycles. The van der Waals surface area contributed by atoms with Crippen LogP contribution in [0, 0.1) is 0 Å². The molecule has 5 heteroatoms. The number of rotatable bonds is 5. The predicted octanol–water partition coefficient (Wildman–Crippen LogP) is 3.63. The highest BCUT2D eigenvalue weighted by molar-refractivity contribution is 5.94. The number of hydrogen-bond acceptors (Lipinski definition) is 4. The molecule has 1 aliphatic heterocycles. The fourth-order valence-electron chi connectivity index (χ4n) is 3.92. The lowest BCUT2D eigenvalue weighted by Gasteiger charge is -2.26. The summed E-state index contributed by atoms with van der Waals surface area (Å²) in [4.78, 5) is 12.8. The number of nitrogens with one attached hydrogen (secondary N) is 1. The third kappa shape index (κ3) is 4.25. The Bertz CT molecular complexity index is 815. The summed E-state index contributed by atoms with van der Waals surface area (Å²) in [6.07, 6.45) is 5.29. The van der Waals surface area contributed by atoms with Crippen LogP contribution in [0.1, 0.15) is 53.2 Å². The van der Waals surface area contributed by atoms with E-state index < -0.39 is 0 Å². The molecule has 1 heterocycles. The van der Waals surface area contributed by atoms with E-state index in [4.69, 9.17) is 15.2 Å². The van der Waals surface area contributed by atoms with E-state index >= 15 is 0 Å². The molecule has 27 heavy (non-hydrogen) atoms. The van der Waals surface area contributed by atoms with E-state index in [0.29, 0.717) is 17.9 Å².